The third-order valence-electron chi connectivity index (χ3n) is 4.17. The Kier molecular flexibility index (Phi) is 7.55. The van der Waals surface area contributed by atoms with Crippen LogP contribution in [0, 0.1) is 12.7 Å². The zero-order valence-electron chi connectivity index (χ0n) is 17.0. The summed E-state index contributed by atoms with van der Waals surface area (Å²) in [6, 6.07) is 13.2. The molecular formula is C22H22FN5O2S. The molecule has 0 spiro atoms. The van der Waals surface area contributed by atoms with Gasteiger partial charge in [0.2, 0.25) is 11.8 Å². The molecule has 31 heavy (non-hydrogen) atoms. The van der Waals surface area contributed by atoms with E-state index in [0.29, 0.717) is 28.9 Å². The van der Waals surface area contributed by atoms with Crippen LogP contribution in [-0.4, -0.2) is 32.3 Å². The summed E-state index contributed by atoms with van der Waals surface area (Å²) in [7, 11) is 0. The van der Waals surface area contributed by atoms with Gasteiger partial charge in [0.25, 0.3) is 0 Å². The molecule has 1 heterocycles. The fourth-order valence-corrected chi connectivity index (χ4v) is 3.60. The fourth-order valence-electron chi connectivity index (χ4n) is 2.83. The summed E-state index contributed by atoms with van der Waals surface area (Å²) in [4.78, 5) is 24.6. The number of nitrogens with one attached hydrogen (secondary N) is 2. The highest BCUT2D eigenvalue weighted by molar-refractivity contribution is 7.99. The predicted molar refractivity (Wildman–Crippen MR) is 119 cm³/mol. The highest BCUT2D eigenvalue weighted by Gasteiger charge is 2.16. The van der Waals surface area contributed by atoms with Gasteiger partial charge >= 0.3 is 0 Å². The molecule has 0 unspecified atom stereocenters. The molecular weight excluding hydrogens is 417 g/mol. The molecule has 0 aliphatic carbocycles. The number of thioether (sulfide) groups is 1. The van der Waals surface area contributed by atoms with Gasteiger partial charge in [0.1, 0.15) is 11.6 Å². The van der Waals surface area contributed by atoms with E-state index in [2.05, 4.69) is 27.4 Å². The molecule has 7 nitrogen and oxygen atoms in total. The summed E-state index contributed by atoms with van der Waals surface area (Å²) in [6.07, 6.45) is 1.70. The Balaban J connectivity index is 1.62. The van der Waals surface area contributed by atoms with E-state index in [1.165, 1.54) is 30.0 Å². The van der Waals surface area contributed by atoms with Crippen molar-refractivity contribution in [3.05, 3.63) is 78.4 Å². The lowest BCUT2D eigenvalue weighted by atomic mass is 10.2. The van der Waals surface area contributed by atoms with Crippen LogP contribution in [0.1, 0.15) is 11.4 Å². The van der Waals surface area contributed by atoms with Gasteiger partial charge in [-0.1, -0.05) is 36.0 Å². The highest BCUT2D eigenvalue weighted by atomic mass is 32.2. The van der Waals surface area contributed by atoms with Gasteiger partial charge in [-0.05, 0) is 42.8 Å². The molecule has 3 rings (SSSR count). The Morgan fingerprint density at radius 1 is 1.10 bits per heavy atom. The minimum Gasteiger partial charge on any atom is -0.326 e. The molecule has 9 heteroatoms. The van der Waals surface area contributed by atoms with Gasteiger partial charge in [0.05, 0.1) is 12.2 Å². The second-order valence-corrected chi connectivity index (χ2v) is 7.68. The molecule has 160 valence electrons. The smallest absolute Gasteiger partial charge is 0.234 e. The monoisotopic (exact) mass is 439 g/mol. The largest absolute Gasteiger partial charge is 0.326 e. The molecule has 0 fully saturated rings. The summed E-state index contributed by atoms with van der Waals surface area (Å²) in [5.41, 5.74) is 2.14. The van der Waals surface area contributed by atoms with Crippen LogP contribution >= 0.6 is 11.8 Å². The first-order valence-electron chi connectivity index (χ1n) is 9.52. The van der Waals surface area contributed by atoms with Crippen molar-refractivity contribution in [2.45, 2.75) is 25.0 Å². The summed E-state index contributed by atoms with van der Waals surface area (Å²) < 4.78 is 15.0. The Bertz CT molecular complexity index is 1100. The molecule has 3 aromatic rings. The summed E-state index contributed by atoms with van der Waals surface area (Å²) in [5, 5.41) is 14.2. The second kappa shape index (κ2) is 10.5. The van der Waals surface area contributed by atoms with Crippen LogP contribution in [0.4, 0.5) is 15.8 Å². The Hall–Kier alpha value is -3.46. The quantitative estimate of drug-likeness (QED) is 0.391. The standard InChI is InChI=1S/C22H22FN5O2S/c1-3-10-28-19(13-20(29)24-17-8-4-6-15(2)11-17)26-27-22(28)31-14-21(30)25-18-9-5-7-16(23)12-18/h3-9,11-12H,1,10,13-14H2,2H3,(H,24,29)(H,25,30). The van der Waals surface area contributed by atoms with Crippen molar-refractivity contribution < 1.29 is 14.0 Å². The lowest BCUT2D eigenvalue weighted by molar-refractivity contribution is -0.116. The van der Waals surface area contributed by atoms with Crippen molar-refractivity contribution in [1.82, 2.24) is 14.8 Å². The third-order valence-corrected chi connectivity index (χ3v) is 5.13. The third kappa shape index (κ3) is 6.51. The highest BCUT2D eigenvalue weighted by Crippen LogP contribution is 2.19. The number of hydrogen-bond donors (Lipinski definition) is 2. The van der Waals surface area contributed by atoms with Crippen LogP contribution in [0.3, 0.4) is 0 Å². The lowest BCUT2D eigenvalue weighted by Crippen LogP contribution is -2.18. The van der Waals surface area contributed by atoms with Crippen molar-refractivity contribution in [3.63, 3.8) is 0 Å². The average Bonchev–Trinajstić information content (AvgIpc) is 3.08. The summed E-state index contributed by atoms with van der Waals surface area (Å²) in [5.74, 6) is -0.421. The minimum atomic E-state index is -0.426. The molecule has 0 atom stereocenters. The average molecular weight is 440 g/mol. The maximum atomic E-state index is 13.3. The number of anilines is 2. The van der Waals surface area contributed by atoms with Gasteiger partial charge in [0.15, 0.2) is 5.16 Å². The number of rotatable bonds is 9. The first-order valence-corrected chi connectivity index (χ1v) is 10.5. The number of allylic oxidation sites excluding steroid dienone is 1. The molecule has 0 saturated heterocycles. The van der Waals surface area contributed by atoms with Gasteiger partial charge in [-0.25, -0.2) is 4.39 Å². The van der Waals surface area contributed by atoms with Crippen molar-refractivity contribution >= 4 is 35.0 Å². The zero-order chi connectivity index (χ0) is 22.2. The number of halogens is 1. The molecule has 0 saturated carbocycles. The topological polar surface area (TPSA) is 88.9 Å². The molecule has 0 radical (unpaired) electrons. The van der Waals surface area contributed by atoms with Crippen LogP contribution in [0.5, 0.6) is 0 Å². The van der Waals surface area contributed by atoms with Crippen LogP contribution in [0.15, 0.2) is 66.3 Å². The van der Waals surface area contributed by atoms with Crippen LogP contribution < -0.4 is 10.6 Å². The molecule has 0 aliphatic heterocycles. The molecule has 2 amide bonds. The molecule has 2 aromatic carbocycles. The van der Waals surface area contributed by atoms with Crippen molar-refractivity contribution in [2.24, 2.45) is 0 Å². The van der Waals surface area contributed by atoms with Crippen molar-refractivity contribution in [2.75, 3.05) is 16.4 Å². The van der Waals surface area contributed by atoms with Crippen LogP contribution in [0.25, 0.3) is 0 Å². The summed E-state index contributed by atoms with van der Waals surface area (Å²) >= 11 is 1.18. The van der Waals surface area contributed by atoms with E-state index in [4.69, 9.17) is 0 Å². The maximum Gasteiger partial charge on any atom is 0.234 e. The molecule has 2 N–H and O–H groups in total. The van der Waals surface area contributed by atoms with Crippen LogP contribution in [0.2, 0.25) is 0 Å². The number of aryl methyl sites for hydroxylation is 1. The van der Waals surface area contributed by atoms with E-state index in [-0.39, 0.29) is 24.0 Å². The summed E-state index contributed by atoms with van der Waals surface area (Å²) in [6.45, 7) is 6.08. The number of nitrogens with zero attached hydrogens (tertiary/aromatic N) is 3. The number of hydrogen-bond acceptors (Lipinski definition) is 5. The van der Waals surface area contributed by atoms with E-state index >= 15 is 0 Å². The Morgan fingerprint density at radius 2 is 1.81 bits per heavy atom. The maximum absolute atomic E-state index is 13.3. The fraction of sp³-hybridized carbons (Fsp3) is 0.182. The SMILES string of the molecule is C=CCn1c(CC(=O)Nc2cccc(C)c2)nnc1SCC(=O)Nc1cccc(F)c1. The van der Waals surface area contributed by atoms with E-state index in [1.54, 1.807) is 16.7 Å². The number of benzene rings is 2. The van der Waals surface area contributed by atoms with E-state index in [9.17, 15) is 14.0 Å². The van der Waals surface area contributed by atoms with Crippen molar-refractivity contribution in [3.8, 4) is 0 Å². The van der Waals surface area contributed by atoms with Gasteiger partial charge in [0, 0.05) is 17.9 Å². The molecule has 0 bridgehead atoms. The Labute approximate surface area is 183 Å². The normalized spacial score (nSPS) is 10.5. The van der Waals surface area contributed by atoms with Crippen LogP contribution in [-0.2, 0) is 22.6 Å². The Morgan fingerprint density at radius 3 is 2.52 bits per heavy atom. The van der Waals surface area contributed by atoms with Gasteiger partial charge in [-0.3, -0.25) is 9.59 Å². The van der Waals surface area contributed by atoms with E-state index < -0.39 is 5.82 Å². The van der Waals surface area contributed by atoms with Gasteiger partial charge in [-0.15, -0.1) is 16.8 Å². The lowest BCUT2D eigenvalue weighted by Gasteiger charge is -2.09. The predicted octanol–water partition coefficient (Wildman–Crippen LogP) is 3.82. The molecule has 0 aliphatic rings. The van der Waals surface area contributed by atoms with Gasteiger partial charge in [-0.2, -0.15) is 0 Å². The second-order valence-electron chi connectivity index (χ2n) is 6.74. The number of carbonyl (C=O) groups is 2. The van der Waals surface area contributed by atoms with Crippen molar-refractivity contribution in [1.29, 1.82) is 0 Å². The zero-order valence-corrected chi connectivity index (χ0v) is 17.8. The first-order chi connectivity index (χ1) is 14.9. The first kappa shape index (κ1) is 22.2. The number of aromatic nitrogens is 3. The van der Waals surface area contributed by atoms with Gasteiger partial charge < -0.3 is 15.2 Å². The van der Waals surface area contributed by atoms with E-state index in [1.807, 2.05) is 31.2 Å². The van der Waals surface area contributed by atoms with E-state index in [0.717, 1.165) is 5.56 Å². The number of carbonyl (C=O) groups excluding carboxylic acids is 2. The molecule has 1 aromatic heterocycles. The minimum absolute atomic E-state index is 0.0326. The number of amides is 2.